The molecule has 0 aliphatic heterocycles. The van der Waals surface area contributed by atoms with E-state index in [1.54, 1.807) is 7.11 Å². The van der Waals surface area contributed by atoms with E-state index in [-0.39, 0.29) is 11.7 Å². The van der Waals surface area contributed by atoms with Gasteiger partial charge in [0.1, 0.15) is 10.8 Å². The molecule has 4 aromatic rings. The van der Waals surface area contributed by atoms with Crippen LogP contribution in [0.15, 0.2) is 71.8 Å². The highest BCUT2D eigenvalue weighted by atomic mass is 32.2. The van der Waals surface area contributed by atoms with Crippen molar-refractivity contribution < 1.29 is 9.53 Å². The van der Waals surface area contributed by atoms with E-state index < -0.39 is 0 Å². The lowest BCUT2D eigenvalue weighted by molar-refractivity contribution is -0.113. The Bertz CT molecular complexity index is 1270. The predicted molar refractivity (Wildman–Crippen MR) is 131 cm³/mol. The number of anilines is 1. The SMILES string of the molecule is CCc1ccc2nc(-c3cccc(C)c3)nc(SCC(=O)Nc3ccccc3OC)c2c1. The summed E-state index contributed by atoms with van der Waals surface area (Å²) in [5, 5.41) is 4.70. The minimum Gasteiger partial charge on any atom is -0.495 e. The van der Waals surface area contributed by atoms with Gasteiger partial charge in [0.2, 0.25) is 5.91 Å². The maximum absolute atomic E-state index is 12.7. The monoisotopic (exact) mass is 443 g/mol. The number of rotatable bonds is 7. The van der Waals surface area contributed by atoms with E-state index in [0.29, 0.717) is 17.3 Å². The molecule has 0 saturated heterocycles. The summed E-state index contributed by atoms with van der Waals surface area (Å²) < 4.78 is 5.32. The number of benzene rings is 3. The molecule has 6 heteroatoms. The van der Waals surface area contributed by atoms with Gasteiger partial charge in [-0.3, -0.25) is 4.79 Å². The Morgan fingerprint density at radius 1 is 1.03 bits per heavy atom. The largest absolute Gasteiger partial charge is 0.495 e. The molecule has 0 fully saturated rings. The van der Waals surface area contributed by atoms with Crippen molar-refractivity contribution in [1.82, 2.24) is 9.97 Å². The second-order valence-corrected chi connectivity index (χ2v) is 8.43. The van der Waals surface area contributed by atoms with Gasteiger partial charge >= 0.3 is 0 Å². The molecule has 3 aromatic carbocycles. The quantitative estimate of drug-likeness (QED) is 0.284. The van der Waals surface area contributed by atoms with E-state index in [4.69, 9.17) is 14.7 Å². The molecule has 0 spiro atoms. The van der Waals surface area contributed by atoms with Crippen molar-refractivity contribution in [3.8, 4) is 17.1 Å². The number of nitrogens with one attached hydrogen (secondary N) is 1. The summed E-state index contributed by atoms with van der Waals surface area (Å²) >= 11 is 1.42. The number of carbonyl (C=O) groups is 1. The van der Waals surface area contributed by atoms with Gasteiger partial charge in [-0.2, -0.15) is 0 Å². The van der Waals surface area contributed by atoms with Crippen LogP contribution in [0.25, 0.3) is 22.3 Å². The predicted octanol–water partition coefficient (Wildman–Crippen LogP) is 5.91. The van der Waals surface area contributed by atoms with Gasteiger partial charge in [-0.25, -0.2) is 9.97 Å². The summed E-state index contributed by atoms with van der Waals surface area (Å²) in [6, 6.07) is 21.8. The van der Waals surface area contributed by atoms with Gasteiger partial charge in [-0.1, -0.05) is 60.6 Å². The molecule has 1 amide bonds. The zero-order valence-electron chi connectivity index (χ0n) is 18.4. The lowest BCUT2D eigenvalue weighted by Gasteiger charge is -2.12. The Hall–Kier alpha value is -3.38. The standard InChI is InChI=1S/C26H25N3O2S/c1-4-18-12-13-21-20(15-18)26(29-25(28-21)19-9-7-8-17(2)14-19)32-16-24(30)27-22-10-5-6-11-23(22)31-3/h5-15H,4,16H2,1-3H3,(H,27,30). The summed E-state index contributed by atoms with van der Waals surface area (Å²) in [6.45, 7) is 4.17. The van der Waals surface area contributed by atoms with Crippen LogP contribution in [0.2, 0.25) is 0 Å². The van der Waals surface area contributed by atoms with Crippen molar-refractivity contribution in [2.45, 2.75) is 25.3 Å². The first-order chi connectivity index (χ1) is 15.6. The molecule has 1 heterocycles. The summed E-state index contributed by atoms with van der Waals surface area (Å²) in [4.78, 5) is 22.3. The number of para-hydroxylation sites is 2. The van der Waals surface area contributed by atoms with Crippen LogP contribution in [-0.2, 0) is 11.2 Å². The first-order valence-electron chi connectivity index (χ1n) is 10.5. The van der Waals surface area contributed by atoms with Crippen molar-refractivity contribution in [3.05, 3.63) is 77.9 Å². The van der Waals surface area contributed by atoms with Crippen LogP contribution in [0.3, 0.4) is 0 Å². The van der Waals surface area contributed by atoms with E-state index in [1.165, 1.54) is 17.3 Å². The number of aryl methyl sites for hydroxylation is 2. The van der Waals surface area contributed by atoms with Gasteiger partial charge in [0, 0.05) is 10.9 Å². The third-order valence-electron chi connectivity index (χ3n) is 5.13. The number of amides is 1. The average Bonchev–Trinajstić information content (AvgIpc) is 2.82. The van der Waals surface area contributed by atoms with Crippen LogP contribution >= 0.6 is 11.8 Å². The molecular weight excluding hydrogens is 418 g/mol. The second kappa shape index (κ2) is 9.83. The zero-order chi connectivity index (χ0) is 22.5. The van der Waals surface area contributed by atoms with Gasteiger partial charge in [-0.15, -0.1) is 0 Å². The van der Waals surface area contributed by atoms with Gasteiger partial charge in [-0.05, 0) is 49.2 Å². The molecule has 32 heavy (non-hydrogen) atoms. The molecule has 0 bridgehead atoms. The maximum Gasteiger partial charge on any atom is 0.234 e. The number of methoxy groups -OCH3 is 1. The molecule has 0 saturated carbocycles. The molecule has 1 aromatic heterocycles. The minimum absolute atomic E-state index is 0.116. The van der Waals surface area contributed by atoms with Crippen LogP contribution in [0.5, 0.6) is 5.75 Å². The number of thioether (sulfide) groups is 1. The normalized spacial score (nSPS) is 10.8. The fourth-order valence-electron chi connectivity index (χ4n) is 3.46. The van der Waals surface area contributed by atoms with Gasteiger partial charge in [0.25, 0.3) is 0 Å². The summed E-state index contributed by atoms with van der Waals surface area (Å²) in [5.41, 5.74) is 4.86. The van der Waals surface area contributed by atoms with Crippen LogP contribution in [0.1, 0.15) is 18.1 Å². The number of nitrogens with zero attached hydrogens (tertiary/aromatic N) is 2. The maximum atomic E-state index is 12.7. The molecule has 0 aliphatic rings. The highest BCUT2D eigenvalue weighted by Gasteiger charge is 2.14. The molecule has 5 nitrogen and oxygen atoms in total. The van der Waals surface area contributed by atoms with Crippen molar-refractivity contribution in [1.29, 1.82) is 0 Å². The minimum atomic E-state index is -0.116. The zero-order valence-corrected chi connectivity index (χ0v) is 19.2. The number of ether oxygens (including phenoxy) is 1. The van der Waals surface area contributed by atoms with Crippen LogP contribution < -0.4 is 10.1 Å². The molecule has 4 rings (SSSR count). The number of hydrogen-bond donors (Lipinski definition) is 1. The highest BCUT2D eigenvalue weighted by Crippen LogP contribution is 2.30. The summed E-state index contributed by atoms with van der Waals surface area (Å²) in [6.07, 6.45) is 0.925. The number of fused-ring (bicyclic) bond motifs is 1. The average molecular weight is 444 g/mol. The Balaban J connectivity index is 1.64. The molecule has 0 atom stereocenters. The van der Waals surface area contributed by atoms with E-state index in [9.17, 15) is 4.79 Å². The van der Waals surface area contributed by atoms with E-state index in [0.717, 1.165) is 33.5 Å². The Morgan fingerprint density at radius 2 is 1.88 bits per heavy atom. The lowest BCUT2D eigenvalue weighted by atomic mass is 10.1. The van der Waals surface area contributed by atoms with Crippen LogP contribution in [0.4, 0.5) is 5.69 Å². The van der Waals surface area contributed by atoms with E-state index in [1.807, 2.05) is 42.5 Å². The van der Waals surface area contributed by atoms with Crippen molar-refractivity contribution in [3.63, 3.8) is 0 Å². The second-order valence-electron chi connectivity index (χ2n) is 7.46. The van der Waals surface area contributed by atoms with Crippen LogP contribution in [0, 0.1) is 6.92 Å². The van der Waals surface area contributed by atoms with Crippen molar-refractivity contribution in [2.24, 2.45) is 0 Å². The van der Waals surface area contributed by atoms with Crippen molar-refractivity contribution in [2.75, 3.05) is 18.2 Å². The molecular formula is C26H25N3O2S. The summed E-state index contributed by atoms with van der Waals surface area (Å²) in [5.74, 6) is 1.41. The first kappa shape index (κ1) is 21.8. The number of carbonyl (C=O) groups excluding carboxylic acids is 1. The Morgan fingerprint density at radius 3 is 2.66 bits per heavy atom. The van der Waals surface area contributed by atoms with Crippen molar-refractivity contribution >= 4 is 34.3 Å². The fraction of sp³-hybridized carbons (Fsp3) is 0.192. The van der Waals surface area contributed by atoms with Gasteiger partial charge in [0.05, 0.1) is 24.1 Å². The Labute approximate surface area is 192 Å². The van der Waals surface area contributed by atoms with Gasteiger partial charge < -0.3 is 10.1 Å². The molecule has 0 aliphatic carbocycles. The smallest absolute Gasteiger partial charge is 0.234 e. The number of hydrogen-bond acceptors (Lipinski definition) is 5. The fourth-order valence-corrected chi connectivity index (χ4v) is 4.27. The number of aromatic nitrogens is 2. The topological polar surface area (TPSA) is 64.1 Å². The highest BCUT2D eigenvalue weighted by molar-refractivity contribution is 8.00. The van der Waals surface area contributed by atoms with Crippen LogP contribution in [-0.4, -0.2) is 28.7 Å². The lowest BCUT2D eigenvalue weighted by Crippen LogP contribution is -2.14. The summed E-state index contributed by atoms with van der Waals surface area (Å²) in [7, 11) is 1.59. The molecule has 0 radical (unpaired) electrons. The third-order valence-corrected chi connectivity index (χ3v) is 6.12. The Kier molecular flexibility index (Phi) is 6.71. The first-order valence-corrected chi connectivity index (χ1v) is 11.5. The molecule has 0 unspecified atom stereocenters. The molecule has 162 valence electrons. The van der Waals surface area contributed by atoms with E-state index in [2.05, 4.69) is 43.4 Å². The molecule has 1 N–H and O–H groups in total. The third kappa shape index (κ3) is 4.92. The van der Waals surface area contributed by atoms with Gasteiger partial charge in [0.15, 0.2) is 5.82 Å². The van der Waals surface area contributed by atoms with E-state index >= 15 is 0 Å².